The number of nitrogens with one attached hydrogen (secondary N) is 2. The van der Waals surface area contributed by atoms with Gasteiger partial charge in [0.25, 0.3) is 5.91 Å². The predicted molar refractivity (Wildman–Crippen MR) is 149 cm³/mol. The molecular formula is C30H39N3O7. The first-order chi connectivity index (χ1) is 19.0. The molecule has 2 amide bonds. The van der Waals surface area contributed by atoms with E-state index in [2.05, 4.69) is 10.7 Å². The first-order valence-electron chi connectivity index (χ1n) is 13.6. The van der Waals surface area contributed by atoms with E-state index in [0.717, 1.165) is 16.7 Å². The Morgan fingerprint density at radius 2 is 1.75 bits per heavy atom. The predicted octanol–water partition coefficient (Wildman–Crippen LogP) is 3.10. The number of Topliss-reactive ketones (excluding diaryl/α,β-unsaturated/α-hetero) is 1. The third-order valence-electron chi connectivity index (χ3n) is 7.03. The molecule has 10 nitrogen and oxygen atoms in total. The van der Waals surface area contributed by atoms with Crippen LogP contribution in [0, 0.1) is 11.8 Å². The monoisotopic (exact) mass is 553 g/mol. The smallest absolute Gasteiger partial charge is 0.322 e. The van der Waals surface area contributed by atoms with E-state index in [4.69, 9.17) is 4.74 Å². The van der Waals surface area contributed by atoms with Crippen LogP contribution in [0.1, 0.15) is 58.6 Å². The molecule has 0 spiro atoms. The summed E-state index contributed by atoms with van der Waals surface area (Å²) >= 11 is 0. The van der Waals surface area contributed by atoms with Crippen molar-refractivity contribution in [2.75, 3.05) is 13.2 Å². The Balaban J connectivity index is 1.52. The highest BCUT2D eigenvalue weighted by Gasteiger charge is 2.32. The molecule has 1 fully saturated rings. The second-order valence-electron chi connectivity index (χ2n) is 10.6. The molecule has 4 N–H and O–H groups in total. The van der Waals surface area contributed by atoms with Gasteiger partial charge in [-0.25, -0.2) is 5.43 Å². The van der Waals surface area contributed by atoms with Crippen LogP contribution in [0.15, 0.2) is 48.5 Å². The minimum Gasteiger partial charge on any atom is -0.486 e. The lowest BCUT2D eigenvalue weighted by atomic mass is 9.89. The molecule has 3 rings (SSSR count). The number of aliphatic carboxylic acids is 1. The number of hydrogen-bond acceptors (Lipinski definition) is 7. The fourth-order valence-corrected chi connectivity index (χ4v) is 4.56. The number of carboxylic acids is 1. The van der Waals surface area contributed by atoms with Gasteiger partial charge < -0.3 is 20.3 Å². The number of rotatable bonds is 12. The second kappa shape index (κ2) is 14.0. The molecule has 2 aromatic carbocycles. The number of ether oxygens (including phenoxy) is 1. The molecule has 216 valence electrons. The van der Waals surface area contributed by atoms with Crippen molar-refractivity contribution in [2.45, 2.75) is 65.1 Å². The van der Waals surface area contributed by atoms with Gasteiger partial charge in [0.15, 0.2) is 5.78 Å². The van der Waals surface area contributed by atoms with Crippen LogP contribution in [0.4, 0.5) is 0 Å². The van der Waals surface area contributed by atoms with Crippen molar-refractivity contribution in [3.63, 3.8) is 0 Å². The minimum absolute atomic E-state index is 0.0440. The van der Waals surface area contributed by atoms with Gasteiger partial charge in [0.05, 0.1) is 6.10 Å². The van der Waals surface area contributed by atoms with Crippen molar-refractivity contribution in [3.8, 4) is 16.9 Å². The van der Waals surface area contributed by atoms with Crippen molar-refractivity contribution in [2.24, 2.45) is 11.8 Å². The van der Waals surface area contributed by atoms with E-state index in [0.29, 0.717) is 25.1 Å². The molecule has 1 aliphatic heterocycles. The largest absolute Gasteiger partial charge is 0.486 e. The molecule has 2 aromatic rings. The second-order valence-corrected chi connectivity index (χ2v) is 10.6. The fourth-order valence-electron chi connectivity index (χ4n) is 4.56. The van der Waals surface area contributed by atoms with Crippen LogP contribution in [0.2, 0.25) is 0 Å². The van der Waals surface area contributed by atoms with E-state index in [-0.39, 0.29) is 24.7 Å². The number of hydrazine groups is 1. The van der Waals surface area contributed by atoms with E-state index >= 15 is 0 Å². The molecule has 0 saturated carbocycles. The van der Waals surface area contributed by atoms with Gasteiger partial charge in [-0.15, -0.1) is 0 Å². The number of nitrogens with zero attached hydrogens (tertiary/aromatic N) is 1. The van der Waals surface area contributed by atoms with Crippen LogP contribution < -0.4 is 15.5 Å². The summed E-state index contributed by atoms with van der Waals surface area (Å²) < 4.78 is 5.67. The highest BCUT2D eigenvalue weighted by molar-refractivity contribution is 5.91. The zero-order valence-electron chi connectivity index (χ0n) is 23.4. The van der Waals surface area contributed by atoms with Crippen LogP contribution in [0.5, 0.6) is 5.75 Å². The van der Waals surface area contributed by atoms with Crippen molar-refractivity contribution in [3.05, 3.63) is 54.1 Å². The summed E-state index contributed by atoms with van der Waals surface area (Å²) in [5, 5.41) is 23.0. The van der Waals surface area contributed by atoms with E-state index < -0.39 is 41.9 Å². The molecule has 0 aliphatic carbocycles. The normalized spacial score (nSPS) is 17.6. The maximum atomic E-state index is 13.0. The molecule has 0 radical (unpaired) electrons. The lowest BCUT2D eigenvalue weighted by Crippen LogP contribution is -2.59. The summed E-state index contributed by atoms with van der Waals surface area (Å²) in [5.41, 5.74) is 5.42. The minimum atomic E-state index is -1.03. The van der Waals surface area contributed by atoms with Gasteiger partial charge in [0, 0.05) is 18.9 Å². The Morgan fingerprint density at radius 1 is 1.05 bits per heavy atom. The number of aliphatic hydroxyl groups is 1. The van der Waals surface area contributed by atoms with Gasteiger partial charge in [-0.1, -0.05) is 44.2 Å². The van der Waals surface area contributed by atoms with Crippen molar-refractivity contribution >= 4 is 23.6 Å². The number of benzene rings is 2. The van der Waals surface area contributed by atoms with E-state index in [1.807, 2.05) is 50.2 Å². The van der Waals surface area contributed by atoms with Crippen LogP contribution in [-0.4, -0.2) is 64.0 Å². The quantitative estimate of drug-likeness (QED) is 0.314. The van der Waals surface area contributed by atoms with Crippen molar-refractivity contribution in [1.82, 2.24) is 15.8 Å². The van der Waals surface area contributed by atoms with Crippen LogP contribution >= 0.6 is 0 Å². The molecule has 1 heterocycles. The molecule has 1 aliphatic rings. The van der Waals surface area contributed by atoms with Crippen LogP contribution in [0.25, 0.3) is 11.1 Å². The first-order valence-corrected chi connectivity index (χ1v) is 13.6. The van der Waals surface area contributed by atoms with E-state index in [9.17, 15) is 29.4 Å². The lowest BCUT2D eigenvalue weighted by Gasteiger charge is -2.34. The zero-order chi connectivity index (χ0) is 29.4. The number of carboxylic acid groups (broad SMARTS) is 1. The molecule has 10 heteroatoms. The maximum absolute atomic E-state index is 13.0. The van der Waals surface area contributed by atoms with E-state index in [1.54, 1.807) is 26.0 Å². The number of ketones is 1. The Labute approximate surface area is 234 Å². The van der Waals surface area contributed by atoms with Gasteiger partial charge >= 0.3 is 5.97 Å². The number of aliphatic hydroxyl groups excluding tert-OH is 1. The van der Waals surface area contributed by atoms with Crippen molar-refractivity contribution < 1.29 is 34.1 Å². The topological polar surface area (TPSA) is 145 Å². The number of amides is 2. The fraction of sp³-hybridized carbons (Fsp3) is 0.467. The molecular weight excluding hydrogens is 514 g/mol. The highest BCUT2D eigenvalue weighted by atomic mass is 16.5. The van der Waals surface area contributed by atoms with Gasteiger partial charge in [0.2, 0.25) is 5.91 Å². The van der Waals surface area contributed by atoms with E-state index in [1.165, 1.54) is 5.01 Å². The van der Waals surface area contributed by atoms with Gasteiger partial charge in [0.1, 0.15) is 24.4 Å². The van der Waals surface area contributed by atoms with Gasteiger partial charge in [-0.2, -0.15) is 0 Å². The van der Waals surface area contributed by atoms with Crippen molar-refractivity contribution in [1.29, 1.82) is 0 Å². The summed E-state index contributed by atoms with van der Waals surface area (Å²) in [6.07, 6.45) is 0.351. The Morgan fingerprint density at radius 3 is 2.38 bits per heavy atom. The summed E-state index contributed by atoms with van der Waals surface area (Å²) in [6, 6.07) is 13.2. The standard InChI is InChI=1S/C30H39N3O7/c1-18(2)26(28(36)31-19(3)29(37)33-14-6-9-27(32-33)30(38)39)16-24(35)17-40-25-12-10-21(11-13-25)23-8-5-7-22(15-23)20(4)34/h5,7-8,10-13,15,18-20,26-27,32,34H,6,9,14,16-17H2,1-4H3,(H,31,36)(H,38,39)/t19-,20+,26-,27-/m0/s1. The summed E-state index contributed by atoms with van der Waals surface area (Å²) in [7, 11) is 0. The number of carbonyl (C=O) groups is 4. The zero-order valence-corrected chi connectivity index (χ0v) is 23.4. The third kappa shape index (κ3) is 8.37. The molecule has 0 aromatic heterocycles. The Bertz CT molecular complexity index is 1200. The molecule has 1 saturated heterocycles. The Kier molecular flexibility index (Phi) is 10.8. The van der Waals surface area contributed by atoms with Gasteiger partial charge in [-0.05, 0) is 67.5 Å². The molecule has 4 atom stereocenters. The van der Waals surface area contributed by atoms with Crippen LogP contribution in [0.3, 0.4) is 0 Å². The third-order valence-corrected chi connectivity index (χ3v) is 7.03. The van der Waals surface area contributed by atoms with Gasteiger partial charge in [-0.3, -0.25) is 24.2 Å². The number of hydrogen-bond donors (Lipinski definition) is 4. The average Bonchev–Trinajstić information content (AvgIpc) is 2.94. The molecule has 0 bridgehead atoms. The van der Waals surface area contributed by atoms with Crippen LogP contribution in [-0.2, 0) is 19.2 Å². The first kappa shape index (κ1) is 30.8. The number of carbonyl (C=O) groups excluding carboxylic acids is 3. The summed E-state index contributed by atoms with van der Waals surface area (Å²) in [6.45, 7) is 7.07. The maximum Gasteiger partial charge on any atom is 0.322 e. The Hall–Kier alpha value is -3.76. The summed E-state index contributed by atoms with van der Waals surface area (Å²) in [5.74, 6) is -2.43. The SMILES string of the molecule is CC(C)[C@H](CC(=O)COc1ccc(-c2cccc([C@@H](C)O)c2)cc1)C(=O)N[C@@H](C)C(=O)N1CCC[C@@H](C(=O)O)N1. The summed E-state index contributed by atoms with van der Waals surface area (Å²) in [4.78, 5) is 49.8. The lowest BCUT2D eigenvalue weighted by molar-refractivity contribution is -0.148. The average molecular weight is 554 g/mol. The molecule has 0 unspecified atom stereocenters. The highest BCUT2D eigenvalue weighted by Crippen LogP contribution is 2.25. The molecule has 40 heavy (non-hydrogen) atoms.